The van der Waals surface area contributed by atoms with Gasteiger partial charge in [0, 0.05) is 24.3 Å². The number of aliphatic imine (C=N–C) groups is 1. The molecule has 4 fully saturated rings. The van der Waals surface area contributed by atoms with Crippen molar-refractivity contribution in [3.63, 3.8) is 0 Å². The molecule has 244 valence electrons. The van der Waals surface area contributed by atoms with Crippen LogP contribution in [0.15, 0.2) is 26.7 Å². The molecular weight excluding hydrogens is 609 g/mol. The molecule has 0 radical (unpaired) electrons. The lowest BCUT2D eigenvalue weighted by Gasteiger charge is -2.64. The van der Waals surface area contributed by atoms with Gasteiger partial charge in [-0.2, -0.15) is 11.3 Å². The Morgan fingerprint density at radius 1 is 1.30 bits per heavy atom. The smallest absolute Gasteiger partial charge is 0.404 e. The quantitative estimate of drug-likeness (QED) is 0.0633. The van der Waals surface area contributed by atoms with E-state index >= 15 is 0 Å². The van der Waals surface area contributed by atoms with Crippen molar-refractivity contribution >= 4 is 45.9 Å². The van der Waals surface area contributed by atoms with Crippen molar-refractivity contribution in [1.29, 1.82) is 0 Å². The summed E-state index contributed by atoms with van der Waals surface area (Å²) < 4.78 is 38.6. The van der Waals surface area contributed by atoms with Crippen LogP contribution in [0.1, 0.15) is 73.1 Å². The van der Waals surface area contributed by atoms with Crippen LogP contribution in [0, 0.1) is 39.2 Å². The number of rotatable bonds is 15. The Morgan fingerprint density at radius 2 is 2.02 bits per heavy atom. The Morgan fingerprint density at radius 3 is 2.64 bits per heavy atom. The largest absolute Gasteiger partial charge is 0.481 e. The van der Waals surface area contributed by atoms with Gasteiger partial charge in [-0.05, 0) is 73.6 Å². The summed E-state index contributed by atoms with van der Waals surface area (Å²) in [5, 5.41) is 15.9. The summed E-state index contributed by atoms with van der Waals surface area (Å²) in [5.74, 6) is -2.29. The van der Waals surface area contributed by atoms with E-state index in [0.29, 0.717) is 18.3 Å². The van der Waals surface area contributed by atoms with E-state index in [1.165, 1.54) is 22.8 Å². The third-order valence-electron chi connectivity index (χ3n) is 9.60. The second kappa shape index (κ2) is 13.4. The number of nitrogens with two attached hydrogens (primary N) is 1. The maximum Gasteiger partial charge on any atom is 0.481 e. The van der Waals surface area contributed by atoms with Crippen molar-refractivity contribution < 1.29 is 32.3 Å². The van der Waals surface area contributed by atoms with Gasteiger partial charge < -0.3 is 20.4 Å². The summed E-state index contributed by atoms with van der Waals surface area (Å²) >= 11 is 1.22. The zero-order valence-electron chi connectivity index (χ0n) is 26.0. The van der Waals surface area contributed by atoms with E-state index in [1.807, 2.05) is 13.8 Å². The predicted octanol–water partition coefficient (Wildman–Crippen LogP) is 2.77. The van der Waals surface area contributed by atoms with Crippen LogP contribution < -0.4 is 16.5 Å². The number of amides is 1. The lowest BCUT2D eigenvalue weighted by molar-refractivity contribution is -0.525. The Hall–Kier alpha value is -2.56. The van der Waals surface area contributed by atoms with E-state index < -0.39 is 56.9 Å². The van der Waals surface area contributed by atoms with Gasteiger partial charge in [0.15, 0.2) is 14.9 Å². The van der Waals surface area contributed by atoms with Gasteiger partial charge >= 0.3 is 7.12 Å². The second-order valence-corrected chi connectivity index (χ2v) is 16.3. The van der Waals surface area contributed by atoms with Crippen molar-refractivity contribution in [2.24, 2.45) is 39.8 Å². The molecule has 3 saturated carbocycles. The molecule has 2 bridgehead atoms. The highest BCUT2D eigenvalue weighted by molar-refractivity contribution is 7.92. The van der Waals surface area contributed by atoms with Crippen LogP contribution in [0.5, 0.6) is 0 Å². The minimum Gasteiger partial charge on any atom is -0.404 e. The molecule has 1 amide bonds. The highest BCUT2D eigenvalue weighted by Crippen LogP contribution is 2.65. The number of nitro groups is 1. The molecule has 13 nitrogen and oxygen atoms in total. The summed E-state index contributed by atoms with van der Waals surface area (Å²) in [6.45, 7) is 10.8. The Balaban J connectivity index is 1.47. The minimum absolute atomic E-state index is 0.0633. The number of sulfone groups is 1. The van der Waals surface area contributed by atoms with Crippen LogP contribution in [0.25, 0.3) is 0 Å². The standard InChI is InChI=1S/C28H44BN5O8S2/c1-17(2)11-24(29-41-23-14-19-13-22(27(19,3)4)28(23,5)42-29)32-25(36)18(7-6-9-31-26(30)33-34(37)38)12-20(35)16-44(39,40)21-8-10-43-15-21/h8,10,15,17-19,22-24H,6-7,9,11-14,16H2,1-5H3,(H,32,36)(H3,30,31,33)/t18-,19-,22-,23-,24+,28+/m1/s1. The van der Waals surface area contributed by atoms with Gasteiger partial charge in [-0.25, -0.2) is 23.5 Å². The fourth-order valence-electron chi connectivity index (χ4n) is 7.17. The first kappa shape index (κ1) is 34.3. The topological polar surface area (TPSA) is 192 Å². The van der Waals surface area contributed by atoms with Crippen LogP contribution in [0.3, 0.4) is 0 Å². The average Bonchev–Trinajstić information content (AvgIpc) is 3.57. The molecule has 6 atom stereocenters. The molecule has 1 aromatic rings. The molecular formula is C28H44BN5O8S2. The fraction of sp³-hybridized carbons (Fsp3) is 0.750. The number of carbonyl (C=O) groups excluding carboxylic acids is 2. The van der Waals surface area contributed by atoms with E-state index in [1.54, 1.807) is 10.8 Å². The second-order valence-electron chi connectivity index (χ2n) is 13.5. The molecule has 44 heavy (non-hydrogen) atoms. The van der Waals surface area contributed by atoms with Crippen molar-refractivity contribution in [1.82, 2.24) is 10.7 Å². The molecule has 4 aliphatic rings. The number of ketones is 1. The average molecular weight is 654 g/mol. The SMILES string of the molecule is CC(C)C[C@H](NC(=O)[C@H](CCCN=C(N)N[N+](=O)[O-])CC(=O)CS(=O)(=O)c1ccsc1)B1O[C@@H]2C[C@H]3C[C@H](C3(C)C)[C@]2(C)O1. The molecule has 16 heteroatoms. The number of Topliss-reactive ketones (excluding diaryl/α,β-unsaturated/α-hetero) is 1. The third kappa shape index (κ3) is 7.62. The van der Waals surface area contributed by atoms with Crippen LogP contribution in [-0.4, -0.2) is 68.2 Å². The van der Waals surface area contributed by atoms with Crippen LogP contribution in [0.4, 0.5) is 0 Å². The number of hydrogen-bond donors (Lipinski definition) is 3. The minimum atomic E-state index is -3.84. The Labute approximate surface area is 263 Å². The first-order valence-electron chi connectivity index (χ1n) is 15.1. The summed E-state index contributed by atoms with van der Waals surface area (Å²) in [6.07, 6.45) is 2.70. The monoisotopic (exact) mass is 653 g/mol. The van der Waals surface area contributed by atoms with Crippen molar-refractivity contribution in [2.75, 3.05) is 12.3 Å². The van der Waals surface area contributed by atoms with E-state index in [-0.39, 0.29) is 54.1 Å². The maximum atomic E-state index is 13.8. The van der Waals surface area contributed by atoms with E-state index in [2.05, 4.69) is 31.1 Å². The highest BCUT2D eigenvalue weighted by atomic mass is 32.2. The molecule has 1 aromatic heterocycles. The lowest BCUT2D eigenvalue weighted by Crippen LogP contribution is -2.65. The first-order valence-corrected chi connectivity index (χ1v) is 17.7. The summed E-state index contributed by atoms with van der Waals surface area (Å²) in [6, 6.07) is 1.44. The Bertz CT molecular complexity index is 1360. The predicted molar refractivity (Wildman–Crippen MR) is 167 cm³/mol. The normalized spacial score (nSPS) is 27.3. The van der Waals surface area contributed by atoms with Crippen molar-refractivity contribution in [3.05, 3.63) is 26.9 Å². The number of thiophene rings is 1. The number of carbonyl (C=O) groups is 2. The maximum absolute atomic E-state index is 13.8. The first-order chi connectivity index (χ1) is 20.5. The molecule has 0 unspecified atom stereocenters. The van der Waals surface area contributed by atoms with Crippen molar-refractivity contribution in [2.45, 2.75) is 95.7 Å². The number of nitrogens with zero attached hydrogens (tertiary/aromatic N) is 2. The van der Waals surface area contributed by atoms with Crippen LogP contribution >= 0.6 is 11.3 Å². The molecule has 5 rings (SSSR count). The van der Waals surface area contributed by atoms with E-state index in [4.69, 9.17) is 15.0 Å². The van der Waals surface area contributed by atoms with Gasteiger partial charge in [0.1, 0.15) is 11.5 Å². The van der Waals surface area contributed by atoms with Crippen LogP contribution in [0.2, 0.25) is 0 Å². The van der Waals surface area contributed by atoms with E-state index in [0.717, 1.165) is 12.8 Å². The van der Waals surface area contributed by atoms with Gasteiger partial charge in [-0.3, -0.25) is 9.59 Å². The molecule has 2 heterocycles. The molecule has 0 spiro atoms. The van der Waals surface area contributed by atoms with Gasteiger partial charge in [0.05, 0.1) is 22.5 Å². The molecule has 1 saturated heterocycles. The number of guanidine groups is 1. The van der Waals surface area contributed by atoms with Gasteiger partial charge in [0.25, 0.3) is 5.96 Å². The molecule has 0 aromatic carbocycles. The Kier molecular flexibility index (Phi) is 10.5. The van der Waals surface area contributed by atoms with Gasteiger partial charge in [-0.1, -0.05) is 33.1 Å². The summed E-state index contributed by atoms with van der Waals surface area (Å²) in [7, 11) is -4.49. The fourth-order valence-corrected chi connectivity index (χ4v) is 9.51. The highest BCUT2D eigenvalue weighted by Gasteiger charge is 2.68. The number of hydrazine groups is 1. The van der Waals surface area contributed by atoms with Gasteiger partial charge in [-0.15, -0.1) is 0 Å². The molecule has 4 N–H and O–H groups in total. The number of hydrogen-bond acceptors (Lipinski definition) is 10. The lowest BCUT2D eigenvalue weighted by atomic mass is 9.43. The van der Waals surface area contributed by atoms with E-state index in [9.17, 15) is 28.1 Å². The summed E-state index contributed by atoms with van der Waals surface area (Å²) in [4.78, 5) is 41.4. The zero-order valence-corrected chi connectivity index (χ0v) is 27.6. The van der Waals surface area contributed by atoms with Crippen molar-refractivity contribution in [3.8, 4) is 0 Å². The van der Waals surface area contributed by atoms with Crippen LogP contribution in [-0.2, 0) is 28.7 Å². The summed E-state index contributed by atoms with van der Waals surface area (Å²) in [5.41, 5.74) is 6.96. The zero-order chi connectivity index (χ0) is 32.4. The number of nitrogens with one attached hydrogen (secondary N) is 2. The molecule has 3 aliphatic carbocycles. The third-order valence-corrected chi connectivity index (χ3v) is 12.1. The van der Waals surface area contributed by atoms with Gasteiger partial charge in [0.2, 0.25) is 5.91 Å². The molecule has 1 aliphatic heterocycles.